The van der Waals surface area contributed by atoms with E-state index < -0.39 is 0 Å². The molecule has 0 fully saturated rings. The van der Waals surface area contributed by atoms with Crippen LogP contribution in [0.2, 0.25) is 0 Å². The molecule has 0 unspecified atom stereocenters. The number of para-hydroxylation sites is 1. The van der Waals surface area contributed by atoms with Gasteiger partial charge in [0.2, 0.25) is 11.8 Å². The Bertz CT molecular complexity index is 770. The lowest BCUT2D eigenvalue weighted by Gasteiger charge is -2.17. The van der Waals surface area contributed by atoms with E-state index in [-0.39, 0.29) is 30.7 Å². The Morgan fingerprint density at radius 1 is 0.963 bits per heavy atom. The highest BCUT2D eigenvalue weighted by atomic mass is 19.1. The van der Waals surface area contributed by atoms with Gasteiger partial charge in [0.25, 0.3) is 0 Å². The quantitative estimate of drug-likeness (QED) is 0.750. The number of halogens is 1. The maximum atomic E-state index is 12.9. The molecule has 0 saturated heterocycles. The Kier molecular flexibility index (Phi) is 7.49. The van der Waals surface area contributed by atoms with Crippen LogP contribution in [-0.2, 0) is 16.0 Å². The van der Waals surface area contributed by atoms with Crippen LogP contribution < -0.4 is 10.6 Å². The van der Waals surface area contributed by atoms with Gasteiger partial charge in [-0.25, -0.2) is 4.39 Å². The van der Waals surface area contributed by atoms with E-state index in [2.05, 4.69) is 10.6 Å². The van der Waals surface area contributed by atoms with E-state index in [1.165, 1.54) is 12.1 Å². The van der Waals surface area contributed by atoms with Crippen molar-refractivity contribution in [1.29, 1.82) is 0 Å². The van der Waals surface area contributed by atoms with Gasteiger partial charge >= 0.3 is 0 Å². The van der Waals surface area contributed by atoms with E-state index in [0.29, 0.717) is 13.0 Å². The summed E-state index contributed by atoms with van der Waals surface area (Å²) >= 11 is 0. The topological polar surface area (TPSA) is 61.4 Å². The smallest absolute Gasteiger partial charge is 0.238 e. The zero-order valence-corrected chi connectivity index (χ0v) is 16.0. The summed E-state index contributed by atoms with van der Waals surface area (Å²) in [5, 5.41) is 5.72. The van der Waals surface area contributed by atoms with Crippen molar-refractivity contribution in [3.05, 3.63) is 65.0 Å². The van der Waals surface area contributed by atoms with Crippen molar-refractivity contribution >= 4 is 17.5 Å². The van der Waals surface area contributed by atoms with Crippen molar-refractivity contribution in [2.45, 2.75) is 20.3 Å². The Morgan fingerprint density at radius 3 is 2.19 bits per heavy atom. The molecule has 2 N–H and O–H groups in total. The minimum Gasteiger partial charge on any atom is -0.355 e. The number of rotatable bonds is 8. The van der Waals surface area contributed by atoms with Crippen LogP contribution >= 0.6 is 0 Å². The summed E-state index contributed by atoms with van der Waals surface area (Å²) < 4.78 is 12.9. The van der Waals surface area contributed by atoms with E-state index >= 15 is 0 Å². The standard InChI is InChI=1S/C21H26FN3O2/c1-15-5-4-6-16(2)21(15)24-20(27)14-25(3)13-19(26)23-12-11-17-7-9-18(22)10-8-17/h4-10H,11-14H2,1-3H3,(H,23,26)(H,24,27). The molecule has 0 aliphatic carbocycles. The van der Waals surface area contributed by atoms with Gasteiger partial charge in [0.15, 0.2) is 0 Å². The molecule has 144 valence electrons. The molecular weight excluding hydrogens is 345 g/mol. The summed E-state index contributed by atoms with van der Waals surface area (Å²) in [6, 6.07) is 12.0. The molecule has 2 amide bonds. The van der Waals surface area contributed by atoms with Crippen LogP contribution in [0.3, 0.4) is 0 Å². The normalized spacial score (nSPS) is 10.7. The number of benzene rings is 2. The molecule has 0 aliphatic heterocycles. The van der Waals surface area contributed by atoms with Crippen molar-refractivity contribution in [2.75, 3.05) is 32.0 Å². The van der Waals surface area contributed by atoms with E-state index in [9.17, 15) is 14.0 Å². The number of nitrogens with zero attached hydrogens (tertiary/aromatic N) is 1. The predicted molar refractivity (Wildman–Crippen MR) is 105 cm³/mol. The van der Waals surface area contributed by atoms with Gasteiger partial charge < -0.3 is 10.6 Å². The highest BCUT2D eigenvalue weighted by molar-refractivity contribution is 5.94. The first kappa shape index (κ1) is 20.6. The van der Waals surface area contributed by atoms with Crippen LogP contribution in [0.15, 0.2) is 42.5 Å². The summed E-state index contributed by atoms with van der Waals surface area (Å²) in [7, 11) is 1.73. The summed E-state index contributed by atoms with van der Waals surface area (Å²) in [5.74, 6) is -0.586. The monoisotopic (exact) mass is 371 g/mol. The lowest BCUT2D eigenvalue weighted by molar-refractivity contribution is -0.122. The minimum absolute atomic E-state index is 0.124. The average molecular weight is 371 g/mol. The van der Waals surface area contributed by atoms with Crippen molar-refractivity contribution in [3.63, 3.8) is 0 Å². The van der Waals surface area contributed by atoms with Crippen molar-refractivity contribution < 1.29 is 14.0 Å². The SMILES string of the molecule is Cc1cccc(C)c1NC(=O)CN(C)CC(=O)NCCc1ccc(F)cc1. The Labute approximate surface area is 159 Å². The molecule has 0 heterocycles. The van der Waals surface area contributed by atoms with Gasteiger partial charge in [0.05, 0.1) is 13.1 Å². The second-order valence-corrected chi connectivity index (χ2v) is 6.71. The van der Waals surface area contributed by atoms with Gasteiger partial charge in [0.1, 0.15) is 5.82 Å². The molecular formula is C21H26FN3O2. The number of aryl methyl sites for hydroxylation is 2. The van der Waals surface area contributed by atoms with Gasteiger partial charge in [-0.05, 0) is 56.1 Å². The Morgan fingerprint density at radius 2 is 1.56 bits per heavy atom. The molecule has 0 atom stereocenters. The highest BCUT2D eigenvalue weighted by Gasteiger charge is 2.12. The number of hydrogen-bond donors (Lipinski definition) is 2. The van der Waals surface area contributed by atoms with Gasteiger partial charge in [-0.1, -0.05) is 30.3 Å². The van der Waals surface area contributed by atoms with Crippen LogP contribution in [0, 0.1) is 19.7 Å². The summed E-state index contributed by atoms with van der Waals surface area (Å²) in [6.45, 7) is 4.61. The van der Waals surface area contributed by atoms with Crippen molar-refractivity contribution in [1.82, 2.24) is 10.2 Å². The fraction of sp³-hybridized carbons (Fsp3) is 0.333. The second-order valence-electron chi connectivity index (χ2n) is 6.71. The lowest BCUT2D eigenvalue weighted by Crippen LogP contribution is -2.39. The van der Waals surface area contributed by atoms with E-state index in [4.69, 9.17) is 0 Å². The van der Waals surface area contributed by atoms with Crippen molar-refractivity contribution in [2.24, 2.45) is 0 Å². The van der Waals surface area contributed by atoms with Crippen molar-refractivity contribution in [3.8, 4) is 0 Å². The third kappa shape index (κ3) is 6.83. The number of likely N-dealkylation sites (N-methyl/N-ethyl adjacent to an activating group) is 1. The lowest BCUT2D eigenvalue weighted by atomic mass is 10.1. The third-order valence-corrected chi connectivity index (χ3v) is 4.22. The number of carbonyl (C=O) groups is 2. The third-order valence-electron chi connectivity index (χ3n) is 4.22. The van der Waals surface area contributed by atoms with Crippen LogP contribution in [-0.4, -0.2) is 43.4 Å². The fourth-order valence-electron chi connectivity index (χ4n) is 2.79. The highest BCUT2D eigenvalue weighted by Crippen LogP contribution is 2.19. The first-order valence-electron chi connectivity index (χ1n) is 8.91. The molecule has 0 radical (unpaired) electrons. The Balaban J connectivity index is 1.72. The average Bonchev–Trinajstić information content (AvgIpc) is 2.60. The first-order chi connectivity index (χ1) is 12.8. The maximum absolute atomic E-state index is 12.9. The van der Waals surface area contributed by atoms with Gasteiger partial charge in [-0.2, -0.15) is 0 Å². The number of anilines is 1. The molecule has 2 rings (SSSR count). The van der Waals surface area contributed by atoms with E-state index in [0.717, 1.165) is 22.4 Å². The molecule has 27 heavy (non-hydrogen) atoms. The first-order valence-corrected chi connectivity index (χ1v) is 8.91. The molecule has 0 saturated carbocycles. The molecule has 0 aromatic heterocycles. The molecule has 0 spiro atoms. The fourth-order valence-corrected chi connectivity index (χ4v) is 2.79. The minimum atomic E-state index is -0.274. The summed E-state index contributed by atoms with van der Waals surface area (Å²) in [4.78, 5) is 25.9. The van der Waals surface area contributed by atoms with Crippen LogP contribution in [0.5, 0.6) is 0 Å². The molecule has 5 nitrogen and oxygen atoms in total. The maximum Gasteiger partial charge on any atom is 0.238 e. The number of carbonyl (C=O) groups excluding carboxylic acids is 2. The van der Waals surface area contributed by atoms with Gasteiger partial charge in [0, 0.05) is 12.2 Å². The molecule has 2 aromatic carbocycles. The second kappa shape index (κ2) is 9.83. The molecule has 2 aromatic rings. The van der Waals surface area contributed by atoms with Crippen LogP contribution in [0.25, 0.3) is 0 Å². The summed E-state index contributed by atoms with van der Waals surface area (Å²) in [5.41, 5.74) is 3.78. The zero-order valence-electron chi connectivity index (χ0n) is 16.0. The number of hydrogen-bond acceptors (Lipinski definition) is 3. The van der Waals surface area contributed by atoms with Crippen LogP contribution in [0.4, 0.5) is 10.1 Å². The largest absolute Gasteiger partial charge is 0.355 e. The molecule has 6 heteroatoms. The zero-order chi connectivity index (χ0) is 19.8. The van der Waals surface area contributed by atoms with Gasteiger partial charge in [-0.3, -0.25) is 14.5 Å². The predicted octanol–water partition coefficient (Wildman–Crippen LogP) is 2.67. The van der Waals surface area contributed by atoms with E-state index in [1.807, 2.05) is 32.0 Å². The molecule has 0 aliphatic rings. The Hall–Kier alpha value is -2.73. The van der Waals surface area contributed by atoms with Gasteiger partial charge in [-0.15, -0.1) is 0 Å². The molecule has 0 bridgehead atoms. The summed E-state index contributed by atoms with van der Waals surface area (Å²) in [6.07, 6.45) is 0.628. The van der Waals surface area contributed by atoms with Crippen LogP contribution in [0.1, 0.15) is 16.7 Å². The van der Waals surface area contributed by atoms with E-state index in [1.54, 1.807) is 24.1 Å². The number of amides is 2. The number of nitrogens with one attached hydrogen (secondary N) is 2.